The van der Waals surface area contributed by atoms with Gasteiger partial charge in [-0.25, -0.2) is 0 Å². The first-order valence-corrected chi connectivity index (χ1v) is 18.9. The molecule has 5 nitrogen and oxygen atoms in total. The first-order chi connectivity index (χ1) is 27.7. The monoisotopic (exact) mass is 717 g/mol. The minimum atomic E-state index is -0.503. The first kappa shape index (κ1) is 32.0. The molecule has 1 unspecified atom stereocenters. The summed E-state index contributed by atoms with van der Waals surface area (Å²) in [5.41, 5.74) is 12.3. The summed E-state index contributed by atoms with van der Waals surface area (Å²) in [6, 6.07) is 67.6. The van der Waals surface area contributed by atoms with Gasteiger partial charge in [0.25, 0.3) is 0 Å². The molecule has 56 heavy (non-hydrogen) atoms. The molecule has 0 saturated carbocycles. The number of hydrogen-bond acceptors (Lipinski definition) is 3. The average Bonchev–Trinajstić information content (AvgIpc) is 3.82. The number of furan rings is 1. The number of rotatable bonds is 6. The van der Waals surface area contributed by atoms with Gasteiger partial charge in [-0.05, 0) is 75.8 Å². The Labute approximate surface area is 323 Å². The van der Waals surface area contributed by atoms with Crippen molar-refractivity contribution in [1.29, 1.82) is 0 Å². The van der Waals surface area contributed by atoms with Crippen molar-refractivity contribution in [2.75, 3.05) is 0 Å². The lowest BCUT2D eigenvalue weighted by Gasteiger charge is -2.33. The standard InChI is InChI=1S/C51H33N4O/c1-3-14-33(15-4-1)35-18-11-20-37(30-35)49-52-50(38-21-12-19-36(31-38)34-16-5-2-6-17-34)54-51(53-49)43-24-13-27-46-48(43)42-29-28-39(32-47(42)56-46)55-44-25-9-7-22-40(44)41-23-8-10-26-45(41)55/h1-32,49H/q-1. The van der Waals surface area contributed by atoms with Crippen LogP contribution in [0.4, 0.5) is 0 Å². The number of para-hydroxylation sites is 2. The van der Waals surface area contributed by atoms with Crippen LogP contribution in [0.2, 0.25) is 0 Å². The Bertz CT molecular complexity index is 3120. The van der Waals surface area contributed by atoms with Gasteiger partial charge in [-0.1, -0.05) is 151 Å². The van der Waals surface area contributed by atoms with Gasteiger partial charge in [0.05, 0.1) is 23.0 Å². The third kappa shape index (κ3) is 5.40. The molecule has 1 aliphatic rings. The SMILES string of the molecule is c1ccc(-c2cccc(C3=NC(c4cccc5oc6cc(-n7c8ccccc8c8ccccc87)ccc6c45)=NC(c4cccc(-c5ccccc5)c4)[N-]3)c2)cc1. The van der Waals surface area contributed by atoms with Gasteiger partial charge in [0.2, 0.25) is 0 Å². The molecule has 1 aliphatic heterocycles. The number of amidine groups is 2. The van der Waals surface area contributed by atoms with E-state index in [1.54, 1.807) is 0 Å². The van der Waals surface area contributed by atoms with Crippen LogP contribution in [-0.2, 0) is 0 Å². The van der Waals surface area contributed by atoms with E-state index in [1.807, 2.05) is 24.3 Å². The van der Waals surface area contributed by atoms with Crippen molar-refractivity contribution < 1.29 is 4.42 Å². The van der Waals surface area contributed by atoms with Crippen LogP contribution in [0.25, 0.3) is 77.0 Å². The quantitative estimate of drug-likeness (QED) is 0.169. The van der Waals surface area contributed by atoms with Crippen molar-refractivity contribution in [2.24, 2.45) is 9.98 Å². The van der Waals surface area contributed by atoms with E-state index in [1.165, 1.54) is 10.8 Å². The second-order valence-corrected chi connectivity index (χ2v) is 14.2. The molecule has 10 aromatic rings. The van der Waals surface area contributed by atoms with Crippen LogP contribution in [-0.4, -0.2) is 16.2 Å². The van der Waals surface area contributed by atoms with Crippen LogP contribution in [0.5, 0.6) is 0 Å². The lowest BCUT2D eigenvalue weighted by Crippen LogP contribution is -2.16. The van der Waals surface area contributed by atoms with Crippen molar-refractivity contribution in [2.45, 2.75) is 6.17 Å². The summed E-state index contributed by atoms with van der Waals surface area (Å²) in [6.07, 6.45) is -0.503. The first-order valence-electron chi connectivity index (χ1n) is 18.9. The largest absolute Gasteiger partial charge is 0.456 e. The van der Waals surface area contributed by atoms with E-state index >= 15 is 0 Å². The number of nitrogens with zero attached hydrogens (tertiary/aromatic N) is 4. The summed E-state index contributed by atoms with van der Waals surface area (Å²) < 4.78 is 8.98. The molecular weight excluding hydrogens is 685 g/mol. The fraction of sp³-hybridized carbons (Fsp3) is 0.0196. The summed E-state index contributed by atoms with van der Waals surface area (Å²) in [7, 11) is 0. The molecule has 264 valence electrons. The Balaban J connectivity index is 1.07. The second kappa shape index (κ2) is 13.1. The van der Waals surface area contributed by atoms with Crippen molar-refractivity contribution in [3.8, 4) is 27.9 Å². The van der Waals surface area contributed by atoms with Crippen LogP contribution in [0, 0.1) is 0 Å². The molecular formula is C51H33N4O-. The topological polar surface area (TPSA) is 56.9 Å². The molecule has 0 radical (unpaired) electrons. The Morgan fingerprint density at radius 2 is 1.07 bits per heavy atom. The minimum Gasteiger partial charge on any atom is -0.456 e. The Morgan fingerprint density at radius 1 is 0.464 bits per heavy atom. The van der Waals surface area contributed by atoms with Crippen molar-refractivity contribution in [3.05, 3.63) is 216 Å². The van der Waals surface area contributed by atoms with Gasteiger partial charge < -0.3 is 19.3 Å². The normalized spacial score (nSPS) is 14.2. The highest BCUT2D eigenvalue weighted by Crippen LogP contribution is 2.39. The predicted octanol–water partition coefficient (Wildman–Crippen LogP) is 13.3. The lowest BCUT2D eigenvalue weighted by molar-refractivity contribution is 0.668. The summed E-state index contributed by atoms with van der Waals surface area (Å²) in [5.74, 6) is 1.26. The van der Waals surface area contributed by atoms with Crippen LogP contribution in [0.3, 0.4) is 0 Å². The van der Waals surface area contributed by atoms with Gasteiger partial charge in [-0.15, -0.1) is 0 Å². The van der Waals surface area contributed by atoms with Gasteiger partial charge in [0.15, 0.2) is 0 Å². The van der Waals surface area contributed by atoms with Gasteiger partial charge in [0, 0.05) is 38.9 Å². The third-order valence-electron chi connectivity index (χ3n) is 10.8. The Kier molecular flexibility index (Phi) is 7.49. The van der Waals surface area contributed by atoms with E-state index < -0.39 is 6.17 Å². The Hall–Kier alpha value is -7.50. The van der Waals surface area contributed by atoms with Gasteiger partial charge in [-0.3, -0.25) is 4.99 Å². The number of fused-ring (bicyclic) bond motifs is 6. The van der Waals surface area contributed by atoms with Crippen LogP contribution >= 0.6 is 0 Å². The lowest BCUT2D eigenvalue weighted by atomic mass is 10.00. The van der Waals surface area contributed by atoms with Gasteiger partial charge in [-0.2, -0.15) is 0 Å². The molecule has 0 spiro atoms. The molecule has 11 rings (SSSR count). The zero-order valence-electron chi connectivity index (χ0n) is 30.2. The highest BCUT2D eigenvalue weighted by atomic mass is 16.3. The molecule has 0 saturated heterocycles. The highest BCUT2D eigenvalue weighted by molar-refractivity contribution is 6.24. The summed E-state index contributed by atoms with van der Waals surface area (Å²) in [6.45, 7) is 0. The highest BCUT2D eigenvalue weighted by Gasteiger charge is 2.20. The summed E-state index contributed by atoms with van der Waals surface area (Å²) in [4.78, 5) is 10.5. The number of aromatic nitrogens is 1. The molecule has 0 fully saturated rings. The zero-order valence-corrected chi connectivity index (χ0v) is 30.2. The summed E-state index contributed by atoms with van der Waals surface area (Å²) >= 11 is 0. The van der Waals surface area contributed by atoms with Gasteiger partial charge >= 0.3 is 0 Å². The Morgan fingerprint density at radius 3 is 1.80 bits per heavy atom. The van der Waals surface area contributed by atoms with Crippen LogP contribution in [0.15, 0.2) is 209 Å². The van der Waals surface area contributed by atoms with Crippen molar-refractivity contribution in [3.63, 3.8) is 0 Å². The molecule has 8 aromatic carbocycles. The predicted molar refractivity (Wildman–Crippen MR) is 231 cm³/mol. The maximum Gasteiger partial charge on any atom is 0.137 e. The molecule has 3 heterocycles. The fourth-order valence-electron chi connectivity index (χ4n) is 8.15. The molecule has 0 aliphatic carbocycles. The van der Waals surface area contributed by atoms with E-state index in [0.29, 0.717) is 11.7 Å². The number of benzene rings is 8. The van der Waals surface area contributed by atoms with E-state index in [0.717, 1.165) is 77.6 Å². The molecule has 5 heteroatoms. The smallest absolute Gasteiger partial charge is 0.137 e. The molecule has 1 atom stereocenters. The molecule has 0 amide bonds. The average molecular weight is 718 g/mol. The van der Waals surface area contributed by atoms with Crippen molar-refractivity contribution >= 4 is 55.4 Å². The second-order valence-electron chi connectivity index (χ2n) is 14.2. The third-order valence-corrected chi connectivity index (χ3v) is 10.8. The summed E-state index contributed by atoms with van der Waals surface area (Å²) in [5, 5.41) is 9.66. The van der Waals surface area contributed by atoms with Crippen LogP contribution < -0.4 is 0 Å². The van der Waals surface area contributed by atoms with Crippen LogP contribution in [0.1, 0.15) is 22.9 Å². The van der Waals surface area contributed by atoms with Gasteiger partial charge in [0.1, 0.15) is 11.2 Å². The molecule has 0 N–H and O–H groups in total. The minimum absolute atomic E-state index is 0.503. The molecule has 2 aromatic heterocycles. The number of hydrogen-bond donors (Lipinski definition) is 0. The number of aliphatic imine (C=N–C) groups is 2. The van der Waals surface area contributed by atoms with E-state index in [2.05, 4.69) is 174 Å². The fourth-order valence-corrected chi connectivity index (χ4v) is 8.15. The van der Waals surface area contributed by atoms with E-state index in [-0.39, 0.29) is 0 Å². The maximum atomic E-state index is 6.66. The maximum absolute atomic E-state index is 6.66. The van der Waals surface area contributed by atoms with Crippen molar-refractivity contribution in [1.82, 2.24) is 4.57 Å². The van der Waals surface area contributed by atoms with E-state index in [9.17, 15) is 0 Å². The zero-order chi connectivity index (χ0) is 37.0. The van der Waals surface area contributed by atoms with E-state index in [4.69, 9.17) is 19.7 Å². The molecule has 0 bridgehead atoms.